The number of hydrogen-bond donors (Lipinski definition) is 1. The highest BCUT2D eigenvalue weighted by Crippen LogP contribution is 2.12. The van der Waals surface area contributed by atoms with Crippen molar-refractivity contribution in [2.75, 3.05) is 11.8 Å². The molecule has 0 bridgehead atoms. The highest BCUT2D eigenvalue weighted by atomic mass is 35.5. The molecule has 0 aliphatic heterocycles. The molecule has 0 aliphatic carbocycles. The average Bonchev–Trinajstić information content (AvgIpc) is 2.32. The van der Waals surface area contributed by atoms with Gasteiger partial charge < -0.3 is 5.32 Å². The van der Waals surface area contributed by atoms with Gasteiger partial charge in [-0.15, -0.1) is 23.2 Å². The molecule has 1 aromatic heterocycles. The van der Waals surface area contributed by atoms with Crippen LogP contribution in [0, 0.1) is 13.8 Å². The summed E-state index contributed by atoms with van der Waals surface area (Å²) in [4.78, 5) is 12.1. The lowest BCUT2D eigenvalue weighted by Crippen LogP contribution is -2.49. The minimum atomic E-state index is -0.621. The standard InChI is InChI=1S/C11H15Cl2N3O/c1-7-4-9(8(2)16-15-7)10(17)14-11(3,5-12)6-13/h4H,5-6H2,1-3H3,(H,14,17). The van der Waals surface area contributed by atoms with Crippen LogP contribution >= 0.6 is 23.2 Å². The summed E-state index contributed by atoms with van der Waals surface area (Å²) in [6.45, 7) is 5.31. The summed E-state index contributed by atoms with van der Waals surface area (Å²) in [7, 11) is 0. The fourth-order valence-electron chi connectivity index (χ4n) is 1.22. The number of alkyl halides is 2. The zero-order valence-electron chi connectivity index (χ0n) is 10.1. The number of nitrogens with zero attached hydrogens (tertiary/aromatic N) is 2. The first-order valence-corrected chi connectivity index (χ1v) is 6.24. The Labute approximate surface area is 111 Å². The first-order valence-electron chi connectivity index (χ1n) is 5.17. The fourth-order valence-corrected chi connectivity index (χ4v) is 1.64. The van der Waals surface area contributed by atoms with Crippen molar-refractivity contribution >= 4 is 29.1 Å². The van der Waals surface area contributed by atoms with Gasteiger partial charge in [-0.05, 0) is 26.8 Å². The normalized spacial score (nSPS) is 11.4. The van der Waals surface area contributed by atoms with Crippen molar-refractivity contribution in [1.82, 2.24) is 15.5 Å². The number of carbonyl (C=O) groups is 1. The summed E-state index contributed by atoms with van der Waals surface area (Å²) in [5, 5.41) is 10.6. The molecule has 1 amide bonds. The van der Waals surface area contributed by atoms with Gasteiger partial charge in [0.25, 0.3) is 5.91 Å². The SMILES string of the molecule is Cc1cc(C(=O)NC(C)(CCl)CCl)c(C)nn1. The molecule has 0 aliphatic rings. The van der Waals surface area contributed by atoms with Crippen LogP contribution in [0.4, 0.5) is 0 Å². The molecule has 94 valence electrons. The van der Waals surface area contributed by atoms with Gasteiger partial charge in [0.2, 0.25) is 0 Å². The number of halogens is 2. The van der Waals surface area contributed by atoms with Crippen LogP contribution in [0.15, 0.2) is 6.07 Å². The third-order valence-electron chi connectivity index (χ3n) is 2.35. The molecule has 1 aromatic rings. The van der Waals surface area contributed by atoms with Gasteiger partial charge in [0.15, 0.2) is 0 Å². The topological polar surface area (TPSA) is 54.9 Å². The number of carbonyl (C=O) groups excluding carboxylic acids is 1. The van der Waals surface area contributed by atoms with E-state index in [1.165, 1.54) is 0 Å². The molecule has 0 radical (unpaired) electrons. The van der Waals surface area contributed by atoms with Crippen molar-refractivity contribution in [2.45, 2.75) is 26.3 Å². The van der Waals surface area contributed by atoms with Gasteiger partial charge in [-0.3, -0.25) is 4.79 Å². The summed E-state index contributed by atoms with van der Waals surface area (Å²) >= 11 is 11.6. The highest BCUT2D eigenvalue weighted by Gasteiger charge is 2.25. The van der Waals surface area contributed by atoms with E-state index >= 15 is 0 Å². The molecule has 0 aromatic carbocycles. The molecular formula is C11H15Cl2N3O. The van der Waals surface area contributed by atoms with E-state index in [-0.39, 0.29) is 17.7 Å². The Morgan fingerprint density at radius 2 is 1.94 bits per heavy atom. The molecule has 0 fully saturated rings. The maximum absolute atomic E-state index is 12.1. The summed E-state index contributed by atoms with van der Waals surface area (Å²) in [6.07, 6.45) is 0. The third-order valence-corrected chi connectivity index (χ3v) is 3.53. The molecular weight excluding hydrogens is 261 g/mol. The lowest BCUT2D eigenvalue weighted by Gasteiger charge is -2.26. The van der Waals surface area contributed by atoms with Crippen LogP contribution in [0.25, 0.3) is 0 Å². The fraction of sp³-hybridized carbons (Fsp3) is 0.545. The second-order valence-electron chi connectivity index (χ2n) is 4.27. The van der Waals surface area contributed by atoms with Crippen molar-refractivity contribution in [1.29, 1.82) is 0 Å². The second-order valence-corrected chi connectivity index (χ2v) is 4.80. The molecule has 6 heteroatoms. The maximum atomic E-state index is 12.1. The second kappa shape index (κ2) is 5.65. The third kappa shape index (κ3) is 3.54. The van der Waals surface area contributed by atoms with Gasteiger partial charge in [-0.2, -0.15) is 10.2 Å². The Morgan fingerprint density at radius 3 is 2.47 bits per heavy atom. The molecule has 0 saturated heterocycles. The Morgan fingerprint density at radius 1 is 1.35 bits per heavy atom. The lowest BCUT2D eigenvalue weighted by atomic mass is 10.1. The Kier molecular flexibility index (Phi) is 4.71. The Balaban J connectivity index is 2.94. The molecule has 0 saturated carbocycles. The van der Waals surface area contributed by atoms with Crippen molar-refractivity contribution in [2.24, 2.45) is 0 Å². The number of aryl methyl sites for hydroxylation is 2. The van der Waals surface area contributed by atoms with Crippen LogP contribution in [0.1, 0.15) is 28.7 Å². The van der Waals surface area contributed by atoms with E-state index < -0.39 is 5.54 Å². The quantitative estimate of drug-likeness (QED) is 0.856. The predicted molar refractivity (Wildman–Crippen MR) is 68.8 cm³/mol. The van der Waals surface area contributed by atoms with Crippen LogP contribution in [0.2, 0.25) is 0 Å². The van der Waals surface area contributed by atoms with Gasteiger partial charge in [0, 0.05) is 11.8 Å². The van der Waals surface area contributed by atoms with E-state index in [1.54, 1.807) is 26.8 Å². The molecule has 1 rings (SSSR count). The summed E-state index contributed by atoms with van der Waals surface area (Å²) < 4.78 is 0. The molecule has 1 heterocycles. The van der Waals surface area contributed by atoms with Crippen molar-refractivity contribution in [3.8, 4) is 0 Å². The first-order chi connectivity index (χ1) is 7.91. The number of rotatable bonds is 4. The molecule has 0 atom stereocenters. The van der Waals surface area contributed by atoms with E-state index in [0.29, 0.717) is 17.0 Å². The van der Waals surface area contributed by atoms with Crippen LogP contribution < -0.4 is 5.32 Å². The van der Waals surface area contributed by atoms with Gasteiger partial charge in [-0.1, -0.05) is 0 Å². The lowest BCUT2D eigenvalue weighted by molar-refractivity contribution is 0.0920. The molecule has 17 heavy (non-hydrogen) atoms. The highest BCUT2D eigenvalue weighted by molar-refractivity contribution is 6.22. The predicted octanol–water partition coefficient (Wildman–Crippen LogP) is 2.06. The zero-order valence-corrected chi connectivity index (χ0v) is 11.6. The van der Waals surface area contributed by atoms with E-state index in [9.17, 15) is 4.79 Å². The van der Waals surface area contributed by atoms with Gasteiger partial charge in [0.05, 0.1) is 22.5 Å². The van der Waals surface area contributed by atoms with E-state index in [0.717, 1.165) is 0 Å². The molecule has 4 nitrogen and oxygen atoms in total. The Hall–Kier alpha value is -0.870. The Bertz CT molecular complexity index is 419. The van der Waals surface area contributed by atoms with Gasteiger partial charge in [0.1, 0.15) is 0 Å². The average molecular weight is 276 g/mol. The van der Waals surface area contributed by atoms with Crippen molar-refractivity contribution < 1.29 is 4.79 Å². The molecule has 1 N–H and O–H groups in total. The zero-order chi connectivity index (χ0) is 13.1. The summed E-state index contributed by atoms with van der Waals surface area (Å²) in [6, 6.07) is 1.69. The number of aromatic nitrogens is 2. The van der Waals surface area contributed by atoms with E-state index in [4.69, 9.17) is 23.2 Å². The smallest absolute Gasteiger partial charge is 0.253 e. The van der Waals surface area contributed by atoms with Gasteiger partial charge in [-0.25, -0.2) is 0 Å². The minimum absolute atomic E-state index is 0.232. The first kappa shape index (κ1) is 14.2. The molecule has 0 unspecified atom stereocenters. The number of amides is 1. The van der Waals surface area contributed by atoms with Crippen LogP contribution in [-0.4, -0.2) is 33.4 Å². The number of hydrogen-bond acceptors (Lipinski definition) is 3. The van der Waals surface area contributed by atoms with Crippen LogP contribution in [-0.2, 0) is 0 Å². The summed E-state index contributed by atoms with van der Waals surface area (Å²) in [5.41, 5.74) is 1.15. The minimum Gasteiger partial charge on any atom is -0.344 e. The summed E-state index contributed by atoms with van der Waals surface area (Å²) in [5.74, 6) is 0.265. The largest absolute Gasteiger partial charge is 0.344 e. The maximum Gasteiger partial charge on any atom is 0.253 e. The van der Waals surface area contributed by atoms with E-state index in [1.807, 2.05) is 0 Å². The van der Waals surface area contributed by atoms with Gasteiger partial charge >= 0.3 is 0 Å². The number of nitrogens with one attached hydrogen (secondary N) is 1. The van der Waals surface area contributed by atoms with Crippen molar-refractivity contribution in [3.05, 3.63) is 23.0 Å². The monoisotopic (exact) mass is 275 g/mol. The molecule has 0 spiro atoms. The van der Waals surface area contributed by atoms with E-state index in [2.05, 4.69) is 15.5 Å². The van der Waals surface area contributed by atoms with Crippen LogP contribution in [0.3, 0.4) is 0 Å². The van der Waals surface area contributed by atoms with Crippen molar-refractivity contribution in [3.63, 3.8) is 0 Å². The van der Waals surface area contributed by atoms with Crippen LogP contribution in [0.5, 0.6) is 0 Å².